The molecule has 0 saturated carbocycles. The summed E-state index contributed by atoms with van der Waals surface area (Å²) in [6.07, 6.45) is 0.427. The molecule has 1 amide bonds. The molecule has 1 unspecified atom stereocenters. The predicted octanol–water partition coefficient (Wildman–Crippen LogP) is 5.27. The summed E-state index contributed by atoms with van der Waals surface area (Å²) in [4.78, 5) is 19.7. The number of methoxy groups -OCH3 is 1. The maximum absolute atomic E-state index is 12.9. The van der Waals surface area contributed by atoms with Crippen LogP contribution in [0.25, 0.3) is 11.0 Å². The lowest BCUT2D eigenvalue weighted by Crippen LogP contribution is -2.24. The van der Waals surface area contributed by atoms with E-state index < -0.39 is 0 Å². The van der Waals surface area contributed by atoms with Gasteiger partial charge in [0.25, 0.3) is 0 Å². The number of rotatable bonds is 5. The Morgan fingerprint density at radius 1 is 1.06 bits per heavy atom. The molecule has 3 aromatic carbocycles. The van der Waals surface area contributed by atoms with E-state index in [1.165, 1.54) is 0 Å². The normalized spacial score (nSPS) is 16.3. The first-order valence-electron chi connectivity index (χ1n) is 10.3. The van der Waals surface area contributed by atoms with E-state index in [1.54, 1.807) is 7.11 Å². The number of para-hydroxylation sites is 2. The monoisotopic (exact) mass is 431 g/mol. The van der Waals surface area contributed by atoms with Crippen molar-refractivity contribution in [2.75, 3.05) is 18.6 Å². The molecule has 0 N–H and O–H groups in total. The molecule has 0 aliphatic carbocycles. The molecule has 1 atom stereocenters. The fraction of sp³-hybridized carbons (Fsp3) is 0.200. The highest BCUT2D eigenvalue weighted by Gasteiger charge is 2.35. The first kappa shape index (κ1) is 19.6. The molecular formula is C25H22ClN3O2. The summed E-state index contributed by atoms with van der Waals surface area (Å²) in [6.45, 7) is 1.24. The van der Waals surface area contributed by atoms with Crippen molar-refractivity contribution in [2.24, 2.45) is 0 Å². The van der Waals surface area contributed by atoms with Crippen molar-refractivity contribution in [3.8, 4) is 5.75 Å². The third kappa shape index (κ3) is 3.77. The second kappa shape index (κ2) is 8.08. The standard InChI is InChI=1S/C25H22ClN3O2/c1-31-21-9-5-8-20(14-21)28-16-18(13-24(28)30)25-27-22-10-2-3-11-23(22)29(25)15-17-6-4-7-19(26)12-17/h2-12,14,18H,13,15-16H2,1H3. The van der Waals surface area contributed by atoms with Crippen molar-refractivity contribution in [2.45, 2.75) is 18.9 Å². The molecule has 5 nitrogen and oxygen atoms in total. The molecule has 156 valence electrons. The van der Waals surface area contributed by atoms with E-state index in [9.17, 15) is 4.79 Å². The molecule has 1 saturated heterocycles. The number of anilines is 1. The van der Waals surface area contributed by atoms with Crippen LogP contribution in [-0.4, -0.2) is 29.1 Å². The molecule has 0 spiro atoms. The van der Waals surface area contributed by atoms with Crippen LogP contribution in [0.4, 0.5) is 5.69 Å². The smallest absolute Gasteiger partial charge is 0.227 e. The zero-order valence-electron chi connectivity index (χ0n) is 17.2. The number of benzene rings is 3. The number of amides is 1. The number of hydrogen-bond acceptors (Lipinski definition) is 3. The number of aromatic nitrogens is 2. The molecule has 2 heterocycles. The minimum atomic E-state index is 0.00489. The Morgan fingerprint density at radius 3 is 2.74 bits per heavy atom. The first-order chi connectivity index (χ1) is 15.1. The van der Waals surface area contributed by atoms with Crippen LogP contribution in [0, 0.1) is 0 Å². The highest BCUT2D eigenvalue weighted by molar-refractivity contribution is 6.30. The van der Waals surface area contributed by atoms with Gasteiger partial charge in [-0.25, -0.2) is 4.98 Å². The predicted molar refractivity (Wildman–Crippen MR) is 123 cm³/mol. The van der Waals surface area contributed by atoms with Crippen LogP contribution in [0.3, 0.4) is 0 Å². The average molecular weight is 432 g/mol. The molecule has 4 aromatic rings. The van der Waals surface area contributed by atoms with Crippen molar-refractivity contribution in [1.29, 1.82) is 0 Å². The fourth-order valence-electron chi connectivity index (χ4n) is 4.30. The van der Waals surface area contributed by atoms with Crippen molar-refractivity contribution in [3.63, 3.8) is 0 Å². The van der Waals surface area contributed by atoms with Crippen LogP contribution in [0.5, 0.6) is 5.75 Å². The van der Waals surface area contributed by atoms with Crippen molar-refractivity contribution in [3.05, 3.63) is 89.2 Å². The van der Waals surface area contributed by atoms with Gasteiger partial charge in [0.1, 0.15) is 11.6 Å². The highest BCUT2D eigenvalue weighted by atomic mass is 35.5. The lowest BCUT2D eigenvalue weighted by atomic mass is 10.1. The zero-order valence-corrected chi connectivity index (χ0v) is 17.9. The first-order valence-corrected chi connectivity index (χ1v) is 10.6. The Hall–Kier alpha value is -3.31. The summed E-state index contributed by atoms with van der Waals surface area (Å²) in [7, 11) is 1.63. The van der Waals surface area contributed by atoms with Crippen LogP contribution in [0.2, 0.25) is 5.02 Å². The number of carbonyl (C=O) groups excluding carboxylic acids is 1. The number of imidazole rings is 1. The third-order valence-corrected chi connectivity index (χ3v) is 6.00. The number of fused-ring (bicyclic) bond motifs is 1. The van der Waals surface area contributed by atoms with Crippen molar-refractivity contribution < 1.29 is 9.53 Å². The maximum atomic E-state index is 12.9. The minimum Gasteiger partial charge on any atom is -0.497 e. The summed E-state index contributed by atoms with van der Waals surface area (Å²) in [5.41, 5.74) is 3.95. The number of ether oxygens (including phenoxy) is 1. The molecule has 5 rings (SSSR count). The summed E-state index contributed by atoms with van der Waals surface area (Å²) >= 11 is 6.21. The Morgan fingerprint density at radius 2 is 1.90 bits per heavy atom. The molecule has 1 aliphatic rings. The van der Waals surface area contributed by atoms with Gasteiger partial charge in [-0.1, -0.05) is 41.9 Å². The van der Waals surface area contributed by atoms with E-state index in [0.717, 1.165) is 33.9 Å². The molecule has 1 aliphatic heterocycles. The molecule has 1 aromatic heterocycles. The maximum Gasteiger partial charge on any atom is 0.227 e. The van der Waals surface area contributed by atoms with Gasteiger partial charge in [0.2, 0.25) is 5.91 Å². The average Bonchev–Trinajstić information content (AvgIpc) is 3.34. The van der Waals surface area contributed by atoms with Gasteiger partial charge in [-0.2, -0.15) is 0 Å². The number of nitrogens with zero attached hydrogens (tertiary/aromatic N) is 3. The minimum absolute atomic E-state index is 0.00489. The molecular weight excluding hydrogens is 410 g/mol. The molecule has 0 radical (unpaired) electrons. The Labute approximate surface area is 185 Å². The summed E-state index contributed by atoms with van der Waals surface area (Å²) in [5.74, 6) is 1.77. The molecule has 1 fully saturated rings. The summed E-state index contributed by atoms with van der Waals surface area (Å²) in [6, 6.07) is 23.6. The second-order valence-corrected chi connectivity index (χ2v) is 8.22. The fourth-order valence-corrected chi connectivity index (χ4v) is 4.51. The Balaban J connectivity index is 1.52. The van der Waals surface area contributed by atoms with E-state index in [2.05, 4.69) is 16.7 Å². The van der Waals surface area contributed by atoms with Crippen molar-refractivity contribution in [1.82, 2.24) is 9.55 Å². The number of carbonyl (C=O) groups is 1. The van der Waals surface area contributed by atoms with E-state index in [1.807, 2.05) is 65.6 Å². The van der Waals surface area contributed by atoms with Gasteiger partial charge in [-0.15, -0.1) is 0 Å². The second-order valence-electron chi connectivity index (χ2n) is 7.78. The largest absolute Gasteiger partial charge is 0.497 e. The van der Waals surface area contributed by atoms with Crippen molar-refractivity contribution >= 4 is 34.2 Å². The summed E-state index contributed by atoms with van der Waals surface area (Å²) < 4.78 is 7.55. The SMILES string of the molecule is COc1cccc(N2CC(c3nc4ccccc4n3Cc3cccc(Cl)c3)CC2=O)c1. The zero-order chi connectivity index (χ0) is 21.4. The number of halogens is 1. The van der Waals surface area contributed by atoms with Gasteiger partial charge in [0.15, 0.2) is 0 Å². The van der Waals surface area contributed by atoms with Crippen LogP contribution >= 0.6 is 11.6 Å². The quantitative estimate of drug-likeness (QED) is 0.432. The van der Waals surface area contributed by atoms with Crippen LogP contribution in [0.15, 0.2) is 72.8 Å². The van der Waals surface area contributed by atoms with Crippen LogP contribution in [0.1, 0.15) is 23.7 Å². The van der Waals surface area contributed by atoms with Crippen LogP contribution in [-0.2, 0) is 11.3 Å². The molecule has 6 heteroatoms. The van der Waals surface area contributed by atoms with Gasteiger partial charge < -0.3 is 14.2 Å². The van der Waals surface area contributed by atoms with E-state index in [0.29, 0.717) is 24.5 Å². The molecule has 0 bridgehead atoms. The number of hydrogen-bond donors (Lipinski definition) is 0. The Bertz CT molecular complexity index is 1270. The van der Waals surface area contributed by atoms with Gasteiger partial charge >= 0.3 is 0 Å². The van der Waals surface area contributed by atoms with E-state index >= 15 is 0 Å². The lowest BCUT2D eigenvalue weighted by Gasteiger charge is -2.18. The van der Waals surface area contributed by atoms with E-state index in [4.69, 9.17) is 21.3 Å². The van der Waals surface area contributed by atoms with Gasteiger partial charge in [0, 0.05) is 42.2 Å². The third-order valence-electron chi connectivity index (χ3n) is 5.77. The van der Waals surface area contributed by atoms with Gasteiger partial charge in [-0.05, 0) is 42.0 Å². The summed E-state index contributed by atoms with van der Waals surface area (Å²) in [5, 5.41) is 0.712. The highest BCUT2D eigenvalue weighted by Crippen LogP contribution is 2.34. The lowest BCUT2D eigenvalue weighted by molar-refractivity contribution is -0.117. The van der Waals surface area contributed by atoms with Gasteiger partial charge in [0.05, 0.1) is 18.1 Å². The van der Waals surface area contributed by atoms with Gasteiger partial charge in [-0.3, -0.25) is 4.79 Å². The molecule has 31 heavy (non-hydrogen) atoms. The van der Waals surface area contributed by atoms with E-state index in [-0.39, 0.29) is 11.8 Å². The Kier molecular flexibility index (Phi) is 5.12. The van der Waals surface area contributed by atoms with Crippen LogP contribution < -0.4 is 9.64 Å². The topological polar surface area (TPSA) is 47.4 Å².